The summed E-state index contributed by atoms with van der Waals surface area (Å²) in [7, 11) is 0. The molecule has 0 N–H and O–H groups in total. The smallest absolute Gasteiger partial charge is 0.239 e. The maximum atomic E-state index is 12.5. The Balaban J connectivity index is 2.34. The second-order valence-corrected chi connectivity index (χ2v) is 5.35. The highest BCUT2D eigenvalue weighted by Gasteiger charge is 2.30. The minimum Gasteiger partial charge on any atom is -0.239 e. The molecule has 0 amide bonds. The number of rotatable bonds is 3. The van der Waals surface area contributed by atoms with Crippen LogP contribution in [0.5, 0.6) is 0 Å². The summed E-state index contributed by atoms with van der Waals surface area (Å²) in [6.45, 7) is 0. The lowest BCUT2D eigenvalue weighted by molar-refractivity contribution is -0.137. The molecule has 0 saturated heterocycles. The van der Waals surface area contributed by atoms with E-state index in [0.29, 0.717) is 22.1 Å². The number of hydrogen-bond donors (Lipinski definition) is 0. The molecule has 0 aliphatic rings. The number of alkyl halides is 5. The van der Waals surface area contributed by atoms with E-state index in [2.05, 4.69) is 4.98 Å². The minimum atomic E-state index is -4.33. The monoisotopic (exact) mass is 325 g/mol. The molecule has 2 rings (SSSR count). The van der Waals surface area contributed by atoms with Crippen molar-refractivity contribution in [3.63, 3.8) is 0 Å². The van der Waals surface area contributed by atoms with Crippen molar-refractivity contribution >= 4 is 34.5 Å². The van der Waals surface area contributed by atoms with Gasteiger partial charge < -0.3 is 0 Å². The molecule has 0 radical (unpaired) electrons. The van der Waals surface area contributed by atoms with Crippen molar-refractivity contribution in [1.29, 1.82) is 0 Å². The molecule has 0 fully saturated rings. The van der Waals surface area contributed by atoms with Crippen molar-refractivity contribution in [3.05, 3.63) is 40.4 Å². The molecule has 1 heterocycles. The Morgan fingerprint density at radius 3 is 2.11 bits per heavy atom. The molecular weight excluding hydrogens is 318 g/mol. The van der Waals surface area contributed by atoms with Crippen LogP contribution >= 0.6 is 34.5 Å². The Morgan fingerprint density at radius 2 is 1.68 bits per heavy atom. The Kier molecular flexibility index (Phi) is 4.38. The lowest BCUT2D eigenvalue weighted by Gasteiger charge is -2.06. The lowest BCUT2D eigenvalue weighted by Crippen LogP contribution is -2.03. The molecule has 0 unspecified atom stereocenters. The summed E-state index contributed by atoms with van der Waals surface area (Å²) in [5.41, 5.74) is 0.625. The van der Waals surface area contributed by atoms with Gasteiger partial charge in [0, 0.05) is 10.4 Å². The fraction of sp³-hybridized carbons (Fsp3) is 0.250. The first-order chi connectivity index (χ1) is 8.95. The largest absolute Gasteiger partial charge is 0.416 e. The zero-order valence-electron chi connectivity index (χ0n) is 9.47. The second kappa shape index (κ2) is 5.69. The van der Waals surface area contributed by atoms with Crippen molar-refractivity contribution in [2.24, 2.45) is 0 Å². The topological polar surface area (TPSA) is 12.9 Å². The van der Waals surface area contributed by atoms with Crippen molar-refractivity contribution in [3.8, 4) is 10.6 Å². The molecule has 0 saturated carbocycles. The van der Waals surface area contributed by atoms with Gasteiger partial charge in [0.05, 0.1) is 23.0 Å². The lowest BCUT2D eigenvalue weighted by atomic mass is 10.1. The van der Waals surface area contributed by atoms with Gasteiger partial charge in [-0.15, -0.1) is 34.5 Å². The summed E-state index contributed by atoms with van der Waals surface area (Å²) < 4.78 is 37.4. The molecule has 102 valence electrons. The van der Waals surface area contributed by atoms with Crippen LogP contribution in [0, 0.1) is 0 Å². The van der Waals surface area contributed by atoms with Gasteiger partial charge in [0.25, 0.3) is 0 Å². The number of aromatic nitrogens is 1. The van der Waals surface area contributed by atoms with Gasteiger partial charge in [-0.1, -0.05) is 12.1 Å². The van der Waals surface area contributed by atoms with E-state index in [1.807, 2.05) is 0 Å². The van der Waals surface area contributed by atoms with E-state index < -0.39 is 11.7 Å². The van der Waals surface area contributed by atoms with E-state index in [4.69, 9.17) is 23.2 Å². The van der Waals surface area contributed by atoms with Crippen LogP contribution in [0.15, 0.2) is 24.3 Å². The summed E-state index contributed by atoms with van der Waals surface area (Å²) >= 11 is 12.8. The van der Waals surface area contributed by atoms with Crippen LogP contribution in [0.1, 0.15) is 16.1 Å². The molecule has 0 aliphatic carbocycles. The third-order valence-electron chi connectivity index (χ3n) is 2.49. The molecule has 19 heavy (non-hydrogen) atoms. The third-order valence-corrected chi connectivity index (χ3v) is 4.31. The fourth-order valence-electron chi connectivity index (χ4n) is 1.52. The summed E-state index contributed by atoms with van der Waals surface area (Å²) in [6.07, 6.45) is -4.33. The third kappa shape index (κ3) is 3.22. The van der Waals surface area contributed by atoms with Gasteiger partial charge in [0.15, 0.2) is 0 Å². The molecule has 0 atom stereocenters. The zero-order valence-corrected chi connectivity index (χ0v) is 11.8. The van der Waals surface area contributed by atoms with Gasteiger partial charge in [-0.05, 0) is 12.1 Å². The van der Waals surface area contributed by atoms with E-state index >= 15 is 0 Å². The van der Waals surface area contributed by atoms with Crippen LogP contribution in [0.25, 0.3) is 10.6 Å². The van der Waals surface area contributed by atoms with Gasteiger partial charge in [0.2, 0.25) is 0 Å². The molecule has 0 bridgehead atoms. The van der Waals surface area contributed by atoms with E-state index in [9.17, 15) is 13.2 Å². The molecule has 0 spiro atoms. The highest BCUT2D eigenvalue weighted by Crippen LogP contribution is 2.33. The first-order valence-electron chi connectivity index (χ1n) is 5.24. The number of nitrogens with zero attached hydrogens (tertiary/aromatic N) is 1. The molecule has 2 aromatic rings. The van der Waals surface area contributed by atoms with Gasteiger partial charge >= 0.3 is 6.18 Å². The number of benzene rings is 1. The standard InChI is InChI=1S/C12H8Cl2F3NS/c13-5-9-10(6-14)19-11(18-9)7-1-3-8(4-2-7)12(15,16)17/h1-4H,5-6H2. The van der Waals surface area contributed by atoms with E-state index in [0.717, 1.165) is 17.0 Å². The van der Waals surface area contributed by atoms with Crippen LogP contribution in [-0.2, 0) is 17.9 Å². The highest BCUT2D eigenvalue weighted by atomic mass is 35.5. The van der Waals surface area contributed by atoms with E-state index in [1.54, 1.807) is 0 Å². The van der Waals surface area contributed by atoms with E-state index in [1.165, 1.54) is 23.5 Å². The van der Waals surface area contributed by atoms with Crippen molar-refractivity contribution in [1.82, 2.24) is 4.98 Å². The molecule has 1 nitrogen and oxygen atoms in total. The highest BCUT2D eigenvalue weighted by molar-refractivity contribution is 7.15. The summed E-state index contributed by atoms with van der Waals surface area (Å²) in [4.78, 5) is 5.12. The zero-order chi connectivity index (χ0) is 14.0. The Labute approximate surface area is 122 Å². The number of hydrogen-bond acceptors (Lipinski definition) is 2. The molecule has 7 heteroatoms. The second-order valence-electron chi connectivity index (χ2n) is 3.73. The molecule has 0 aliphatic heterocycles. The predicted molar refractivity (Wildman–Crippen MR) is 71.7 cm³/mol. The van der Waals surface area contributed by atoms with E-state index in [-0.39, 0.29) is 5.88 Å². The van der Waals surface area contributed by atoms with Crippen LogP contribution in [0.3, 0.4) is 0 Å². The first kappa shape index (κ1) is 14.6. The predicted octanol–water partition coefficient (Wildman–Crippen LogP) is 5.31. The number of thiazole rings is 1. The van der Waals surface area contributed by atoms with Gasteiger partial charge in [-0.2, -0.15) is 13.2 Å². The minimum absolute atomic E-state index is 0.235. The number of halogens is 5. The quantitative estimate of drug-likeness (QED) is 0.697. The maximum Gasteiger partial charge on any atom is 0.416 e. The van der Waals surface area contributed by atoms with Crippen LogP contribution < -0.4 is 0 Å². The maximum absolute atomic E-state index is 12.5. The SMILES string of the molecule is FC(F)(F)c1ccc(-c2nc(CCl)c(CCl)s2)cc1. The average Bonchev–Trinajstić information content (AvgIpc) is 2.81. The first-order valence-corrected chi connectivity index (χ1v) is 7.12. The van der Waals surface area contributed by atoms with Crippen LogP contribution in [0.4, 0.5) is 13.2 Å². The molecular formula is C12H8Cl2F3NS. The summed E-state index contributed by atoms with van der Waals surface area (Å²) in [5, 5.41) is 0.625. The molecule has 1 aromatic heterocycles. The Bertz CT molecular complexity index is 542. The summed E-state index contributed by atoms with van der Waals surface area (Å²) in [6, 6.07) is 4.88. The normalized spacial score (nSPS) is 11.8. The Hall–Kier alpha value is -0.780. The van der Waals surface area contributed by atoms with Crippen LogP contribution in [-0.4, -0.2) is 4.98 Å². The fourth-order valence-corrected chi connectivity index (χ4v) is 3.07. The van der Waals surface area contributed by atoms with Gasteiger partial charge in [0.1, 0.15) is 5.01 Å². The van der Waals surface area contributed by atoms with Gasteiger partial charge in [-0.3, -0.25) is 0 Å². The van der Waals surface area contributed by atoms with Gasteiger partial charge in [-0.25, -0.2) is 4.98 Å². The van der Waals surface area contributed by atoms with Crippen LogP contribution in [0.2, 0.25) is 0 Å². The molecule has 1 aromatic carbocycles. The van der Waals surface area contributed by atoms with Crippen molar-refractivity contribution < 1.29 is 13.2 Å². The average molecular weight is 326 g/mol. The summed E-state index contributed by atoms with van der Waals surface area (Å²) in [5.74, 6) is 0.527. The van der Waals surface area contributed by atoms with Crippen molar-refractivity contribution in [2.45, 2.75) is 17.9 Å². The van der Waals surface area contributed by atoms with Crippen molar-refractivity contribution in [2.75, 3.05) is 0 Å². The Morgan fingerprint density at radius 1 is 1.05 bits per heavy atom.